The number of carbonyl (C=O) groups excluding carboxylic acids is 1. The number of nitrogens with zero attached hydrogens (tertiary/aromatic N) is 1. The van der Waals surface area contributed by atoms with E-state index in [-0.39, 0.29) is 5.91 Å². The van der Waals surface area contributed by atoms with Crippen molar-refractivity contribution in [1.82, 2.24) is 4.90 Å². The molecule has 2 nitrogen and oxygen atoms in total. The van der Waals surface area contributed by atoms with E-state index in [1.807, 2.05) is 0 Å². The van der Waals surface area contributed by atoms with E-state index in [2.05, 4.69) is 0 Å². The monoisotopic (exact) mass is 295 g/mol. The summed E-state index contributed by atoms with van der Waals surface area (Å²) in [5.41, 5.74) is 2.62. The molecule has 0 radical (unpaired) electrons. The summed E-state index contributed by atoms with van der Waals surface area (Å²) >= 11 is 0. The number of benzene rings is 1. The van der Waals surface area contributed by atoms with Crippen LogP contribution in [0.25, 0.3) is 0 Å². The minimum absolute atomic E-state index is 0.177. The fourth-order valence-corrected chi connectivity index (χ4v) is 2.73. The number of hydrogen-bond donors (Lipinski definition) is 0. The van der Waals surface area contributed by atoms with Gasteiger partial charge in [-0.25, -0.2) is 0 Å². The predicted octanol–water partition coefficient (Wildman–Crippen LogP) is 4.03. The van der Waals surface area contributed by atoms with Crippen molar-refractivity contribution in [3.05, 3.63) is 46.5 Å². The van der Waals surface area contributed by atoms with Gasteiger partial charge in [-0.1, -0.05) is 11.1 Å². The van der Waals surface area contributed by atoms with Crippen LogP contribution in [0.15, 0.2) is 35.4 Å². The Morgan fingerprint density at radius 3 is 1.90 bits per heavy atom. The summed E-state index contributed by atoms with van der Waals surface area (Å²) in [6.45, 7) is 1.33. The van der Waals surface area contributed by atoms with E-state index in [4.69, 9.17) is 0 Å². The fourth-order valence-electron chi connectivity index (χ4n) is 2.73. The first-order chi connectivity index (χ1) is 9.95. The molecular weight excluding hydrogens is 279 g/mol. The first kappa shape index (κ1) is 14.2. The average molecular weight is 295 g/mol. The lowest BCUT2D eigenvalue weighted by Crippen LogP contribution is -2.36. The number of hydrogen-bond acceptors (Lipinski definition) is 1. The first-order valence-electron chi connectivity index (χ1n) is 7.11. The van der Waals surface area contributed by atoms with Gasteiger partial charge in [0.2, 0.25) is 0 Å². The number of amides is 1. The predicted molar refractivity (Wildman–Crippen MR) is 72.8 cm³/mol. The number of piperidine rings is 1. The molecule has 1 saturated carbocycles. The van der Waals surface area contributed by atoms with Crippen LogP contribution in [0.3, 0.4) is 0 Å². The standard InChI is InChI=1S/C16H16F3NO/c17-16(18,19)14-5-3-13(4-6-14)15(21)20-9-7-12(8-10-20)11-1-2-11/h3-6H,1-2,7-10H2. The van der Waals surface area contributed by atoms with Crippen LogP contribution >= 0.6 is 0 Å². The zero-order valence-corrected chi connectivity index (χ0v) is 11.5. The van der Waals surface area contributed by atoms with Crippen molar-refractivity contribution < 1.29 is 18.0 Å². The van der Waals surface area contributed by atoms with Gasteiger partial charge >= 0.3 is 6.18 Å². The molecule has 0 spiro atoms. The number of allylic oxidation sites excluding steroid dienone is 1. The number of rotatable bonds is 1. The van der Waals surface area contributed by atoms with E-state index < -0.39 is 11.7 Å². The highest BCUT2D eigenvalue weighted by atomic mass is 19.4. The van der Waals surface area contributed by atoms with Gasteiger partial charge in [0, 0.05) is 18.7 Å². The van der Waals surface area contributed by atoms with Crippen LogP contribution in [-0.4, -0.2) is 23.9 Å². The second-order valence-corrected chi connectivity index (χ2v) is 5.57. The largest absolute Gasteiger partial charge is 0.416 e. The Morgan fingerprint density at radius 2 is 1.43 bits per heavy atom. The number of alkyl halides is 3. The molecule has 1 amide bonds. The van der Waals surface area contributed by atoms with Crippen molar-refractivity contribution >= 4 is 5.91 Å². The van der Waals surface area contributed by atoms with Crippen molar-refractivity contribution in [2.24, 2.45) is 0 Å². The topological polar surface area (TPSA) is 20.3 Å². The van der Waals surface area contributed by atoms with E-state index in [1.54, 1.807) is 4.90 Å². The highest BCUT2D eigenvalue weighted by molar-refractivity contribution is 5.94. The van der Waals surface area contributed by atoms with Crippen LogP contribution in [0.2, 0.25) is 0 Å². The maximum absolute atomic E-state index is 12.5. The number of carbonyl (C=O) groups is 1. The second kappa shape index (κ2) is 5.20. The Morgan fingerprint density at radius 1 is 0.905 bits per heavy atom. The van der Waals surface area contributed by atoms with E-state index in [1.165, 1.54) is 36.1 Å². The molecule has 0 N–H and O–H groups in total. The Bertz CT molecular complexity index is 571. The molecule has 0 unspecified atom stereocenters. The Balaban J connectivity index is 1.67. The lowest BCUT2D eigenvalue weighted by atomic mass is 10.0. The molecule has 5 heteroatoms. The van der Waals surface area contributed by atoms with E-state index in [0.717, 1.165) is 25.0 Å². The minimum atomic E-state index is -4.36. The van der Waals surface area contributed by atoms with Crippen LogP contribution in [0, 0.1) is 0 Å². The molecule has 1 saturated heterocycles. The molecule has 21 heavy (non-hydrogen) atoms. The number of likely N-dealkylation sites (tertiary alicyclic amines) is 1. The molecule has 2 fully saturated rings. The van der Waals surface area contributed by atoms with Crippen LogP contribution in [-0.2, 0) is 6.18 Å². The van der Waals surface area contributed by atoms with Gasteiger partial charge in [-0.15, -0.1) is 0 Å². The van der Waals surface area contributed by atoms with E-state index in [0.29, 0.717) is 18.7 Å². The fraction of sp³-hybridized carbons (Fsp3) is 0.438. The van der Waals surface area contributed by atoms with Crippen molar-refractivity contribution in [2.75, 3.05) is 13.1 Å². The minimum Gasteiger partial charge on any atom is -0.338 e. The molecule has 1 aliphatic heterocycles. The average Bonchev–Trinajstić information content (AvgIpc) is 3.31. The van der Waals surface area contributed by atoms with Crippen molar-refractivity contribution in [1.29, 1.82) is 0 Å². The van der Waals surface area contributed by atoms with Crippen molar-refractivity contribution in [3.63, 3.8) is 0 Å². The Hall–Kier alpha value is -1.78. The normalized spacial score (nSPS) is 18.9. The van der Waals surface area contributed by atoms with Gasteiger partial charge in [-0.2, -0.15) is 13.2 Å². The highest BCUT2D eigenvalue weighted by Crippen LogP contribution is 2.36. The molecule has 1 aromatic carbocycles. The second-order valence-electron chi connectivity index (χ2n) is 5.57. The molecule has 0 bridgehead atoms. The molecule has 0 aromatic heterocycles. The SMILES string of the molecule is O=C(c1ccc(C(F)(F)F)cc1)N1CCC(=C2CC2)CC1. The summed E-state index contributed by atoms with van der Waals surface area (Å²) in [6, 6.07) is 4.46. The zero-order valence-electron chi connectivity index (χ0n) is 11.5. The van der Waals surface area contributed by atoms with E-state index >= 15 is 0 Å². The van der Waals surface area contributed by atoms with Gasteiger partial charge in [-0.3, -0.25) is 4.79 Å². The van der Waals surface area contributed by atoms with Crippen LogP contribution in [0.1, 0.15) is 41.6 Å². The Kier molecular flexibility index (Phi) is 3.51. The molecular formula is C16H16F3NO. The first-order valence-corrected chi connectivity index (χ1v) is 7.11. The third kappa shape index (κ3) is 3.12. The lowest BCUT2D eigenvalue weighted by molar-refractivity contribution is -0.137. The summed E-state index contributed by atoms with van der Waals surface area (Å²) in [5, 5.41) is 0. The summed E-state index contributed by atoms with van der Waals surface area (Å²) in [5.74, 6) is -0.177. The molecule has 3 rings (SSSR count). The van der Waals surface area contributed by atoms with Crippen molar-refractivity contribution in [3.8, 4) is 0 Å². The van der Waals surface area contributed by atoms with Crippen LogP contribution in [0.4, 0.5) is 13.2 Å². The summed E-state index contributed by atoms with van der Waals surface area (Å²) in [7, 11) is 0. The number of halogens is 3. The molecule has 1 aromatic rings. The zero-order chi connectivity index (χ0) is 15.0. The van der Waals surface area contributed by atoms with Gasteiger partial charge in [0.25, 0.3) is 5.91 Å². The van der Waals surface area contributed by atoms with Gasteiger partial charge in [0.1, 0.15) is 0 Å². The summed E-state index contributed by atoms with van der Waals surface area (Å²) < 4.78 is 37.5. The third-order valence-electron chi connectivity index (χ3n) is 4.11. The highest BCUT2D eigenvalue weighted by Gasteiger charge is 2.31. The molecule has 2 aliphatic rings. The maximum atomic E-state index is 12.5. The smallest absolute Gasteiger partial charge is 0.338 e. The quantitative estimate of drug-likeness (QED) is 0.716. The van der Waals surface area contributed by atoms with Crippen LogP contribution in [0.5, 0.6) is 0 Å². The molecule has 1 heterocycles. The van der Waals surface area contributed by atoms with Crippen LogP contribution < -0.4 is 0 Å². The summed E-state index contributed by atoms with van der Waals surface area (Å²) in [6.07, 6.45) is -0.161. The van der Waals surface area contributed by atoms with Crippen molar-refractivity contribution in [2.45, 2.75) is 31.9 Å². The molecule has 0 atom stereocenters. The lowest BCUT2D eigenvalue weighted by Gasteiger charge is -2.28. The third-order valence-corrected chi connectivity index (χ3v) is 4.11. The summed E-state index contributed by atoms with van der Waals surface area (Å²) in [4.78, 5) is 14.0. The molecule has 1 aliphatic carbocycles. The van der Waals surface area contributed by atoms with E-state index in [9.17, 15) is 18.0 Å². The maximum Gasteiger partial charge on any atom is 0.416 e. The Labute approximate surface area is 121 Å². The molecule has 112 valence electrons. The van der Waals surface area contributed by atoms with Gasteiger partial charge in [0.15, 0.2) is 0 Å². The van der Waals surface area contributed by atoms with Gasteiger partial charge in [-0.05, 0) is 49.9 Å². The van der Waals surface area contributed by atoms with Gasteiger partial charge in [0.05, 0.1) is 5.56 Å². The van der Waals surface area contributed by atoms with Gasteiger partial charge < -0.3 is 4.90 Å².